The molecule has 8 nitrogen and oxygen atoms in total. The largest absolute Gasteiger partial charge is 0.337 e. The highest BCUT2D eigenvalue weighted by Crippen LogP contribution is 2.25. The fraction of sp³-hybridized carbons (Fsp3) is 0.333. The smallest absolute Gasteiger partial charge is 0.280 e. The number of carbonyl (C=O) groups excluding carboxylic acids is 1. The molecule has 3 heterocycles. The topological polar surface area (TPSA) is 98.0 Å². The molecule has 1 atom stereocenters. The maximum Gasteiger partial charge on any atom is 0.280 e. The number of piperidine rings is 1. The van der Waals surface area contributed by atoms with Crippen LogP contribution in [-0.2, 0) is 0 Å². The number of pyridine rings is 1. The van der Waals surface area contributed by atoms with E-state index in [1.165, 1.54) is 30.1 Å². The van der Waals surface area contributed by atoms with Gasteiger partial charge < -0.3 is 9.80 Å². The van der Waals surface area contributed by atoms with Crippen molar-refractivity contribution in [2.75, 3.05) is 27.2 Å². The number of nitrogens with one attached hydrogen (secondary N) is 1. The summed E-state index contributed by atoms with van der Waals surface area (Å²) in [6, 6.07) is 8.31. The van der Waals surface area contributed by atoms with Crippen molar-refractivity contribution in [2.24, 2.45) is 0 Å². The van der Waals surface area contributed by atoms with E-state index in [1.54, 1.807) is 24.3 Å². The molecular weight excluding hydrogens is 423 g/mol. The summed E-state index contributed by atoms with van der Waals surface area (Å²) in [5.74, 6) is -0.402. The Morgan fingerprint density at radius 2 is 2.06 bits per heavy atom. The number of hydrogen-bond acceptors (Lipinski definition) is 5. The van der Waals surface area contributed by atoms with Gasteiger partial charge in [0.15, 0.2) is 5.82 Å². The lowest BCUT2D eigenvalue weighted by Crippen LogP contribution is -2.47. The molecule has 1 saturated heterocycles. The minimum absolute atomic E-state index is 0.0698. The molecule has 1 N–H and O–H groups in total. The van der Waals surface area contributed by atoms with Crippen LogP contribution in [0.3, 0.4) is 0 Å². The summed E-state index contributed by atoms with van der Waals surface area (Å²) in [6.07, 6.45) is 4.97. The Labute approximate surface area is 190 Å². The van der Waals surface area contributed by atoms with Crippen molar-refractivity contribution >= 4 is 5.91 Å². The van der Waals surface area contributed by atoms with Gasteiger partial charge in [0.2, 0.25) is 0 Å². The molecule has 1 aromatic carbocycles. The van der Waals surface area contributed by atoms with Gasteiger partial charge in [-0.25, -0.2) is 14.1 Å². The zero-order chi connectivity index (χ0) is 23.7. The second-order valence-corrected chi connectivity index (χ2v) is 8.46. The fourth-order valence-electron chi connectivity index (χ4n) is 4.18. The van der Waals surface area contributed by atoms with Crippen LogP contribution in [0, 0.1) is 24.1 Å². The van der Waals surface area contributed by atoms with Gasteiger partial charge in [-0.2, -0.15) is 5.26 Å². The molecule has 33 heavy (non-hydrogen) atoms. The van der Waals surface area contributed by atoms with Crippen LogP contribution in [0.15, 0.2) is 41.5 Å². The van der Waals surface area contributed by atoms with Crippen LogP contribution in [-0.4, -0.2) is 63.7 Å². The number of aromatic nitrogens is 3. The van der Waals surface area contributed by atoms with Gasteiger partial charge in [0.25, 0.3) is 11.5 Å². The molecule has 0 radical (unpaired) electrons. The van der Waals surface area contributed by atoms with Gasteiger partial charge in [0.1, 0.15) is 11.9 Å². The highest BCUT2D eigenvalue weighted by molar-refractivity contribution is 5.94. The van der Waals surface area contributed by atoms with E-state index in [1.807, 2.05) is 19.0 Å². The maximum atomic E-state index is 14.4. The third-order valence-electron chi connectivity index (χ3n) is 6.21. The van der Waals surface area contributed by atoms with E-state index in [0.29, 0.717) is 36.1 Å². The highest BCUT2D eigenvalue weighted by atomic mass is 19.1. The van der Waals surface area contributed by atoms with E-state index in [0.717, 1.165) is 12.8 Å². The Morgan fingerprint density at radius 3 is 2.73 bits per heavy atom. The van der Waals surface area contributed by atoms with Gasteiger partial charge in [-0.1, -0.05) is 6.07 Å². The molecule has 1 aliphatic rings. The van der Waals surface area contributed by atoms with Crippen molar-refractivity contribution in [3.8, 4) is 23.0 Å². The molecule has 1 amide bonds. The van der Waals surface area contributed by atoms with Gasteiger partial charge in [0, 0.05) is 31.5 Å². The van der Waals surface area contributed by atoms with E-state index in [9.17, 15) is 14.0 Å². The molecule has 170 valence electrons. The molecular formula is C24H25FN6O2. The highest BCUT2D eigenvalue weighted by Gasteiger charge is 2.26. The number of amides is 1. The van der Waals surface area contributed by atoms with Crippen LogP contribution in [0.5, 0.6) is 0 Å². The molecule has 1 fully saturated rings. The lowest BCUT2D eigenvalue weighted by Gasteiger charge is -2.36. The Kier molecular flexibility index (Phi) is 6.11. The number of carbonyl (C=O) groups is 1. The van der Waals surface area contributed by atoms with Crippen molar-refractivity contribution in [1.29, 1.82) is 5.26 Å². The molecule has 0 saturated carbocycles. The first kappa shape index (κ1) is 22.4. The molecule has 1 aliphatic heterocycles. The second kappa shape index (κ2) is 9.00. The summed E-state index contributed by atoms with van der Waals surface area (Å²) in [5.41, 5.74) is 0.879. The van der Waals surface area contributed by atoms with Crippen molar-refractivity contribution in [2.45, 2.75) is 25.8 Å². The van der Waals surface area contributed by atoms with Crippen molar-refractivity contribution < 1.29 is 9.18 Å². The maximum absolute atomic E-state index is 14.4. The predicted molar refractivity (Wildman–Crippen MR) is 122 cm³/mol. The molecule has 0 bridgehead atoms. The number of likely N-dealkylation sites (tertiary alicyclic amines) is 1. The molecule has 3 aromatic rings. The fourth-order valence-corrected chi connectivity index (χ4v) is 4.18. The number of nitrogens with zero attached hydrogens (tertiary/aromatic N) is 5. The normalized spacial score (nSPS) is 16.1. The van der Waals surface area contributed by atoms with E-state index in [2.05, 4.69) is 15.0 Å². The van der Waals surface area contributed by atoms with E-state index < -0.39 is 11.4 Å². The van der Waals surface area contributed by atoms with Gasteiger partial charge in [0.05, 0.1) is 16.7 Å². The lowest BCUT2D eigenvalue weighted by molar-refractivity contribution is 0.0634. The summed E-state index contributed by atoms with van der Waals surface area (Å²) in [5, 5.41) is 11.8. The van der Waals surface area contributed by atoms with Crippen molar-refractivity contribution in [3.05, 3.63) is 69.5 Å². The minimum Gasteiger partial charge on any atom is -0.337 e. The lowest BCUT2D eigenvalue weighted by atomic mass is 10.0. The number of rotatable bonds is 4. The van der Waals surface area contributed by atoms with Crippen LogP contribution in [0.25, 0.3) is 16.9 Å². The van der Waals surface area contributed by atoms with Crippen LogP contribution < -0.4 is 5.56 Å². The number of halogens is 1. The van der Waals surface area contributed by atoms with E-state index >= 15 is 0 Å². The number of likely N-dealkylation sites (N-methyl/N-ethyl adjacent to an activating group) is 1. The SMILES string of the molecule is Cc1c(-c2c[nH]n(-c3ccc(C(=O)N4CCCC(N(C)C)C4)cn3)c2=O)ccc(C#N)c1F. The molecule has 1 unspecified atom stereocenters. The molecule has 0 spiro atoms. The number of nitriles is 1. The molecule has 9 heteroatoms. The first-order valence-electron chi connectivity index (χ1n) is 10.7. The third kappa shape index (κ3) is 4.17. The van der Waals surface area contributed by atoms with Crippen LogP contribution in [0.2, 0.25) is 0 Å². The van der Waals surface area contributed by atoms with Gasteiger partial charge in [-0.05, 0) is 63.2 Å². The standard InChI is InChI=1S/C24H25FN6O2/c1-15-19(8-6-16(11-26)22(15)25)20-13-28-31(24(20)33)21-9-7-17(12-27-21)23(32)30-10-4-5-18(14-30)29(2)3/h6-9,12-13,18,28H,4-5,10,14H2,1-3H3. The first-order valence-corrected chi connectivity index (χ1v) is 10.7. The Balaban J connectivity index is 1.58. The summed E-state index contributed by atoms with van der Waals surface area (Å²) in [4.78, 5) is 34.2. The van der Waals surface area contributed by atoms with Gasteiger partial charge in [-0.15, -0.1) is 0 Å². The Morgan fingerprint density at radius 1 is 1.27 bits per heavy atom. The predicted octanol–water partition coefficient (Wildman–Crippen LogP) is 2.71. The monoisotopic (exact) mass is 448 g/mol. The van der Waals surface area contributed by atoms with Crippen molar-refractivity contribution in [3.63, 3.8) is 0 Å². The quantitative estimate of drug-likeness (QED) is 0.662. The first-order chi connectivity index (χ1) is 15.8. The zero-order valence-corrected chi connectivity index (χ0v) is 18.8. The number of hydrogen-bond donors (Lipinski definition) is 1. The summed E-state index contributed by atoms with van der Waals surface area (Å²) < 4.78 is 15.6. The van der Waals surface area contributed by atoms with Crippen LogP contribution >= 0.6 is 0 Å². The average Bonchev–Trinajstić information content (AvgIpc) is 3.21. The number of H-pyrrole nitrogens is 1. The van der Waals surface area contributed by atoms with Crippen LogP contribution in [0.1, 0.15) is 34.3 Å². The number of benzene rings is 1. The summed E-state index contributed by atoms with van der Waals surface area (Å²) in [6.45, 7) is 2.92. The molecule has 4 rings (SSSR count). The minimum atomic E-state index is -0.641. The average molecular weight is 449 g/mol. The second-order valence-electron chi connectivity index (χ2n) is 8.46. The van der Waals surface area contributed by atoms with Crippen LogP contribution in [0.4, 0.5) is 4.39 Å². The number of aromatic amines is 1. The van der Waals surface area contributed by atoms with Crippen molar-refractivity contribution in [1.82, 2.24) is 24.6 Å². The van der Waals surface area contributed by atoms with E-state index in [4.69, 9.17) is 5.26 Å². The summed E-state index contributed by atoms with van der Waals surface area (Å²) >= 11 is 0. The molecule has 0 aliphatic carbocycles. The zero-order valence-electron chi connectivity index (χ0n) is 18.8. The Hall–Kier alpha value is -3.77. The third-order valence-corrected chi connectivity index (χ3v) is 6.21. The van der Waals surface area contributed by atoms with Gasteiger partial charge >= 0.3 is 0 Å². The Bertz CT molecular complexity index is 1290. The van der Waals surface area contributed by atoms with Gasteiger partial charge in [-0.3, -0.25) is 14.7 Å². The van der Waals surface area contributed by atoms with E-state index in [-0.39, 0.29) is 22.6 Å². The molecule has 2 aromatic heterocycles. The summed E-state index contributed by atoms with van der Waals surface area (Å²) in [7, 11) is 4.04.